The molecule has 1 heterocycles. The topological polar surface area (TPSA) is 138 Å². The van der Waals surface area contributed by atoms with Crippen LogP contribution in [0.4, 0.5) is 10.7 Å². The second kappa shape index (κ2) is 7.58. The molecule has 0 aliphatic heterocycles. The normalized spacial score (nSPS) is 12.0. The van der Waals surface area contributed by atoms with Crippen molar-refractivity contribution in [3.63, 3.8) is 0 Å². The van der Waals surface area contributed by atoms with E-state index in [1.54, 1.807) is 24.6 Å². The molecule has 146 valence electrons. The van der Waals surface area contributed by atoms with Crippen LogP contribution in [-0.2, 0) is 20.0 Å². The van der Waals surface area contributed by atoms with E-state index in [1.165, 1.54) is 26.2 Å². The minimum Gasteiger partial charge on any atom is -0.275 e. The van der Waals surface area contributed by atoms with Gasteiger partial charge in [0.2, 0.25) is 16.0 Å². The van der Waals surface area contributed by atoms with Crippen molar-refractivity contribution in [2.45, 2.75) is 23.6 Å². The number of anilines is 1. The van der Waals surface area contributed by atoms with Gasteiger partial charge in [-0.2, -0.15) is 0 Å². The third-order valence-electron chi connectivity index (χ3n) is 3.33. The lowest BCUT2D eigenvalue weighted by Crippen LogP contribution is -2.36. The summed E-state index contributed by atoms with van der Waals surface area (Å²) in [6.45, 7) is 3.38. The molecule has 2 N–H and O–H groups in total. The molecule has 27 heavy (non-hydrogen) atoms. The van der Waals surface area contributed by atoms with Crippen molar-refractivity contribution in [2.75, 3.05) is 19.4 Å². The average molecular weight is 413 g/mol. The fourth-order valence-corrected chi connectivity index (χ4v) is 4.77. The van der Waals surface area contributed by atoms with Gasteiger partial charge in [-0.1, -0.05) is 12.1 Å². The molecular weight excluding hydrogens is 394 g/mol. The largest absolute Gasteiger partial charge is 0.335 e. The van der Waals surface area contributed by atoms with Crippen LogP contribution >= 0.6 is 0 Å². The van der Waals surface area contributed by atoms with Crippen LogP contribution in [0.1, 0.15) is 11.4 Å². The number of carbonyl (C=O) groups excluding carboxylic acids is 1. The first-order chi connectivity index (χ1) is 12.4. The Kier molecular flexibility index (Phi) is 5.82. The predicted octanol–water partition coefficient (Wildman–Crippen LogP) is 0.854. The van der Waals surface area contributed by atoms with Gasteiger partial charge >= 0.3 is 6.03 Å². The van der Waals surface area contributed by atoms with E-state index in [1.807, 2.05) is 0 Å². The Morgan fingerprint density at radius 1 is 0.963 bits per heavy atom. The quantitative estimate of drug-likeness (QED) is 0.741. The zero-order chi connectivity index (χ0) is 20.4. The van der Waals surface area contributed by atoms with Crippen molar-refractivity contribution in [2.24, 2.45) is 0 Å². The van der Waals surface area contributed by atoms with Gasteiger partial charge in [0.15, 0.2) is 0 Å². The van der Waals surface area contributed by atoms with Crippen LogP contribution in [0.2, 0.25) is 0 Å². The first kappa shape index (κ1) is 20.7. The highest BCUT2D eigenvalue weighted by atomic mass is 32.2. The Morgan fingerprint density at radius 3 is 2.00 bits per heavy atom. The van der Waals surface area contributed by atoms with Gasteiger partial charge in [-0.3, -0.25) is 5.32 Å². The highest BCUT2D eigenvalue weighted by Gasteiger charge is 2.29. The van der Waals surface area contributed by atoms with Gasteiger partial charge in [0.25, 0.3) is 10.0 Å². The second-order valence-corrected chi connectivity index (χ2v) is 9.54. The summed E-state index contributed by atoms with van der Waals surface area (Å²) in [5.74, 6) is -0.0746. The molecule has 2 rings (SSSR count). The third kappa shape index (κ3) is 4.78. The summed E-state index contributed by atoms with van der Waals surface area (Å²) in [7, 11) is -5.96. The summed E-state index contributed by atoms with van der Waals surface area (Å²) < 4.78 is 52.5. The SMILES string of the molecule is Cc1cc(C)nc(NC(=O)NS(=O)(=O)c2ccccc2S(=O)(=O)N(C)C)n1. The third-order valence-corrected chi connectivity index (χ3v) is 6.72. The first-order valence-corrected chi connectivity index (χ1v) is 10.5. The van der Waals surface area contributed by atoms with Crippen molar-refractivity contribution in [1.29, 1.82) is 0 Å². The van der Waals surface area contributed by atoms with Gasteiger partial charge in [0.05, 0.1) is 0 Å². The van der Waals surface area contributed by atoms with Gasteiger partial charge in [-0.15, -0.1) is 0 Å². The fraction of sp³-hybridized carbons (Fsp3) is 0.267. The zero-order valence-electron chi connectivity index (χ0n) is 15.1. The average Bonchev–Trinajstić information content (AvgIpc) is 2.53. The van der Waals surface area contributed by atoms with Gasteiger partial charge in [-0.25, -0.2) is 40.6 Å². The Balaban J connectivity index is 2.33. The number of carbonyl (C=O) groups is 1. The number of hydrogen-bond acceptors (Lipinski definition) is 7. The van der Waals surface area contributed by atoms with E-state index in [0.717, 1.165) is 16.4 Å². The lowest BCUT2D eigenvalue weighted by molar-refractivity contribution is 0.256. The Bertz CT molecular complexity index is 1060. The van der Waals surface area contributed by atoms with Crippen LogP contribution in [0, 0.1) is 13.8 Å². The lowest BCUT2D eigenvalue weighted by atomic mass is 10.4. The number of benzene rings is 1. The van der Waals surface area contributed by atoms with Crippen molar-refractivity contribution < 1.29 is 21.6 Å². The van der Waals surface area contributed by atoms with E-state index in [-0.39, 0.29) is 5.95 Å². The van der Waals surface area contributed by atoms with Gasteiger partial charge in [-0.05, 0) is 32.0 Å². The number of urea groups is 1. The van der Waals surface area contributed by atoms with E-state index in [9.17, 15) is 21.6 Å². The maximum absolute atomic E-state index is 12.6. The number of hydrogen-bond donors (Lipinski definition) is 2. The predicted molar refractivity (Wildman–Crippen MR) is 98.2 cm³/mol. The van der Waals surface area contributed by atoms with Gasteiger partial charge in [0, 0.05) is 25.5 Å². The number of rotatable bonds is 5. The molecule has 0 spiro atoms. The van der Waals surface area contributed by atoms with Gasteiger partial charge < -0.3 is 0 Å². The minimum atomic E-state index is -4.47. The van der Waals surface area contributed by atoms with E-state index >= 15 is 0 Å². The van der Waals surface area contributed by atoms with Crippen LogP contribution in [0.3, 0.4) is 0 Å². The van der Waals surface area contributed by atoms with Crippen molar-refractivity contribution >= 4 is 32.0 Å². The molecule has 0 saturated carbocycles. The molecule has 2 aromatic rings. The van der Waals surface area contributed by atoms with Gasteiger partial charge in [0.1, 0.15) is 9.79 Å². The monoisotopic (exact) mass is 413 g/mol. The molecule has 1 aromatic carbocycles. The number of aryl methyl sites for hydroxylation is 2. The van der Waals surface area contributed by atoms with Crippen LogP contribution < -0.4 is 10.0 Å². The maximum Gasteiger partial charge on any atom is 0.335 e. The number of nitrogens with one attached hydrogen (secondary N) is 2. The Hall–Kier alpha value is -2.57. The highest BCUT2D eigenvalue weighted by molar-refractivity contribution is 7.92. The molecule has 0 saturated heterocycles. The zero-order valence-corrected chi connectivity index (χ0v) is 16.7. The summed E-state index contributed by atoms with van der Waals surface area (Å²) in [4.78, 5) is 19.0. The molecular formula is C15H19N5O5S2. The molecule has 0 radical (unpaired) electrons. The van der Waals surface area contributed by atoms with Crippen LogP contribution in [0.25, 0.3) is 0 Å². The number of sulfonamides is 2. The first-order valence-electron chi connectivity index (χ1n) is 7.61. The number of aromatic nitrogens is 2. The summed E-state index contributed by atoms with van der Waals surface area (Å²) in [5, 5.41) is 2.22. The van der Waals surface area contributed by atoms with Crippen molar-refractivity contribution in [3.05, 3.63) is 41.7 Å². The summed E-state index contributed by atoms with van der Waals surface area (Å²) in [5.41, 5.74) is 1.17. The molecule has 0 bridgehead atoms. The van der Waals surface area contributed by atoms with Crippen LogP contribution in [0.15, 0.2) is 40.1 Å². The second-order valence-electron chi connectivity index (χ2n) is 5.77. The fourth-order valence-electron chi connectivity index (χ4n) is 2.17. The van der Waals surface area contributed by atoms with E-state index in [2.05, 4.69) is 15.3 Å². The number of amides is 2. The number of nitrogens with zero attached hydrogens (tertiary/aromatic N) is 3. The molecule has 1 aromatic heterocycles. The molecule has 0 aliphatic carbocycles. The van der Waals surface area contributed by atoms with E-state index < -0.39 is 35.9 Å². The highest BCUT2D eigenvalue weighted by Crippen LogP contribution is 2.22. The Labute approximate surface area is 157 Å². The molecule has 12 heteroatoms. The Morgan fingerprint density at radius 2 is 1.48 bits per heavy atom. The van der Waals surface area contributed by atoms with Crippen molar-refractivity contribution in [1.82, 2.24) is 19.0 Å². The standard InChI is InChI=1S/C15H19N5O5S2/c1-10-9-11(2)17-14(16-10)18-15(21)19-26(22,23)12-7-5-6-8-13(12)27(24,25)20(3)4/h5-9H,1-4H3,(H2,16,17,18,19,21). The summed E-state index contributed by atoms with van der Waals surface area (Å²) in [6.07, 6.45) is 0. The molecule has 0 unspecified atom stereocenters. The van der Waals surface area contributed by atoms with E-state index in [4.69, 9.17) is 0 Å². The molecule has 0 fully saturated rings. The maximum atomic E-state index is 12.6. The molecule has 0 aliphatic rings. The summed E-state index contributed by atoms with van der Waals surface area (Å²) in [6, 6.07) is 5.56. The smallest absolute Gasteiger partial charge is 0.275 e. The minimum absolute atomic E-state index is 0.0746. The summed E-state index contributed by atoms with van der Waals surface area (Å²) >= 11 is 0. The van der Waals surface area contributed by atoms with Crippen molar-refractivity contribution in [3.8, 4) is 0 Å². The van der Waals surface area contributed by atoms with Crippen LogP contribution in [-0.4, -0.2) is 51.2 Å². The van der Waals surface area contributed by atoms with Crippen LogP contribution in [0.5, 0.6) is 0 Å². The molecule has 2 amide bonds. The van der Waals surface area contributed by atoms with E-state index in [0.29, 0.717) is 11.4 Å². The lowest BCUT2D eigenvalue weighted by Gasteiger charge is -2.15. The molecule has 0 atom stereocenters. The molecule has 10 nitrogen and oxygen atoms in total.